The van der Waals surface area contributed by atoms with E-state index >= 15 is 0 Å². The Morgan fingerprint density at radius 2 is 1.31 bits per heavy atom. The molecular formula is C43H28N8O3. The Hall–Kier alpha value is -7.53. The minimum absolute atomic E-state index is 0.188. The number of H-pyrrole nitrogens is 1. The summed E-state index contributed by atoms with van der Waals surface area (Å²) in [6.07, 6.45) is 13.0. The lowest BCUT2D eigenvalue weighted by Crippen LogP contribution is -2.21. The van der Waals surface area contributed by atoms with E-state index in [9.17, 15) is 9.59 Å². The Bertz CT molecular complexity index is 3190. The summed E-state index contributed by atoms with van der Waals surface area (Å²) in [4.78, 5) is 51.9. The summed E-state index contributed by atoms with van der Waals surface area (Å²) in [5.74, 6) is 0. The lowest BCUT2D eigenvalue weighted by atomic mass is 10.0. The third-order valence-corrected chi connectivity index (χ3v) is 9.82. The first-order valence-corrected chi connectivity index (χ1v) is 17.3. The fraction of sp³-hybridized carbons (Fsp3) is 0.0465. The number of nitrogens with one attached hydrogen (secondary N) is 1. The highest BCUT2D eigenvalue weighted by atomic mass is 16.3. The highest BCUT2D eigenvalue weighted by molar-refractivity contribution is 5.94. The van der Waals surface area contributed by atoms with Crippen LogP contribution in [0.1, 0.15) is 11.1 Å². The monoisotopic (exact) mass is 704 g/mol. The number of hydrogen-bond acceptors (Lipinski definition) is 8. The van der Waals surface area contributed by atoms with E-state index in [1.165, 1.54) is 12.4 Å². The van der Waals surface area contributed by atoms with Gasteiger partial charge >= 0.3 is 0 Å². The maximum Gasteiger partial charge on any atom is 0.269 e. The molecule has 0 aliphatic heterocycles. The third kappa shape index (κ3) is 5.51. The molecule has 0 aliphatic carbocycles. The van der Waals surface area contributed by atoms with Crippen molar-refractivity contribution >= 4 is 44.1 Å². The van der Waals surface area contributed by atoms with Crippen LogP contribution in [-0.2, 0) is 13.1 Å². The predicted molar refractivity (Wildman–Crippen MR) is 208 cm³/mol. The molecule has 11 heteroatoms. The van der Waals surface area contributed by atoms with Gasteiger partial charge in [-0.25, -0.2) is 15.0 Å². The molecule has 0 saturated heterocycles. The van der Waals surface area contributed by atoms with E-state index in [0.29, 0.717) is 40.8 Å². The number of nitrogens with zero attached hydrogens (tertiary/aromatic N) is 7. The van der Waals surface area contributed by atoms with Crippen LogP contribution in [0.4, 0.5) is 0 Å². The lowest BCUT2D eigenvalue weighted by Gasteiger charge is -2.12. The van der Waals surface area contributed by atoms with Gasteiger partial charge in [-0.2, -0.15) is 0 Å². The number of rotatable bonds is 7. The van der Waals surface area contributed by atoms with Gasteiger partial charge in [-0.05, 0) is 76.3 Å². The maximum absolute atomic E-state index is 13.3. The van der Waals surface area contributed by atoms with Crippen molar-refractivity contribution in [3.05, 3.63) is 172 Å². The highest BCUT2D eigenvalue weighted by Gasteiger charge is 2.15. The van der Waals surface area contributed by atoms with Gasteiger partial charge < -0.3 is 9.40 Å². The summed E-state index contributed by atoms with van der Waals surface area (Å²) in [6.45, 7) is 0.728. The zero-order valence-corrected chi connectivity index (χ0v) is 28.5. The van der Waals surface area contributed by atoms with Crippen molar-refractivity contribution in [2.45, 2.75) is 13.1 Å². The zero-order valence-electron chi connectivity index (χ0n) is 28.5. The number of aromatic nitrogens is 8. The van der Waals surface area contributed by atoms with E-state index in [1.807, 2.05) is 60.8 Å². The van der Waals surface area contributed by atoms with Crippen molar-refractivity contribution in [3.8, 4) is 33.5 Å². The molecule has 0 bridgehead atoms. The van der Waals surface area contributed by atoms with Crippen molar-refractivity contribution in [1.29, 1.82) is 0 Å². The molecule has 10 aromatic rings. The van der Waals surface area contributed by atoms with Crippen LogP contribution in [0, 0.1) is 0 Å². The standard InChI is InChI=1S/C43H28N8O3/c52-40-22-46-35-9-11-44-20-37(35)50(40)24-27-4-2-6-29(14-27)33-16-32-17-36(49-43(32)48-18-33)34-19-45-21-38-42(34)47-23-41(53)51(38)25-26-3-1-5-28(13-26)30-7-8-39-31(15-30)10-12-54-39/h1-23H,24-25H2,(H,48,49). The summed E-state index contributed by atoms with van der Waals surface area (Å²) >= 11 is 0. The number of hydrogen-bond donors (Lipinski definition) is 1. The number of fused-ring (bicyclic) bond motifs is 4. The molecule has 11 nitrogen and oxygen atoms in total. The van der Waals surface area contributed by atoms with E-state index in [4.69, 9.17) is 9.40 Å². The Morgan fingerprint density at radius 1 is 0.593 bits per heavy atom. The smallest absolute Gasteiger partial charge is 0.269 e. The van der Waals surface area contributed by atoms with Gasteiger partial charge in [-0.1, -0.05) is 42.5 Å². The molecule has 3 aromatic carbocycles. The molecule has 0 fully saturated rings. The second kappa shape index (κ2) is 12.6. The molecule has 7 heterocycles. The Morgan fingerprint density at radius 3 is 2.15 bits per heavy atom. The molecule has 0 atom stereocenters. The summed E-state index contributed by atoms with van der Waals surface area (Å²) in [5, 5.41) is 1.94. The van der Waals surface area contributed by atoms with Crippen molar-refractivity contribution in [2.24, 2.45) is 0 Å². The Labute approximate surface area is 305 Å². The summed E-state index contributed by atoms with van der Waals surface area (Å²) in [6, 6.07) is 30.2. The van der Waals surface area contributed by atoms with E-state index in [1.54, 1.807) is 46.3 Å². The van der Waals surface area contributed by atoms with Gasteiger partial charge in [0.15, 0.2) is 0 Å². The summed E-state index contributed by atoms with van der Waals surface area (Å²) < 4.78 is 8.91. The fourth-order valence-electron chi connectivity index (χ4n) is 7.14. The molecule has 54 heavy (non-hydrogen) atoms. The van der Waals surface area contributed by atoms with Crippen LogP contribution in [-0.4, -0.2) is 39.0 Å². The van der Waals surface area contributed by atoms with Crippen molar-refractivity contribution in [1.82, 2.24) is 39.0 Å². The lowest BCUT2D eigenvalue weighted by molar-refractivity contribution is 0.616. The van der Waals surface area contributed by atoms with E-state index in [-0.39, 0.29) is 11.1 Å². The second-order valence-electron chi connectivity index (χ2n) is 13.2. The molecule has 7 aromatic heterocycles. The SMILES string of the molecule is O=c1cnc2ccncc2n1Cc1cccc(-c2cnc3[nH]c(-c4cncc5c4ncc(=O)n5Cc4cccc(-c5ccc6occc6c5)c4)cc3c2)c1. The molecule has 0 spiro atoms. The number of furan rings is 1. The third-order valence-electron chi connectivity index (χ3n) is 9.82. The first-order valence-electron chi connectivity index (χ1n) is 17.3. The Kier molecular flexibility index (Phi) is 7.29. The van der Waals surface area contributed by atoms with Crippen LogP contribution >= 0.6 is 0 Å². The minimum atomic E-state index is -0.212. The zero-order chi connectivity index (χ0) is 36.2. The molecule has 10 rings (SSSR count). The average Bonchev–Trinajstić information content (AvgIpc) is 3.87. The molecule has 1 N–H and O–H groups in total. The molecule has 0 amide bonds. The van der Waals surface area contributed by atoms with Gasteiger partial charge in [0, 0.05) is 40.5 Å². The maximum atomic E-state index is 13.3. The summed E-state index contributed by atoms with van der Waals surface area (Å²) in [7, 11) is 0. The summed E-state index contributed by atoms with van der Waals surface area (Å²) in [5.41, 5.74) is 11.3. The van der Waals surface area contributed by atoms with Gasteiger partial charge in [0.25, 0.3) is 11.1 Å². The fourth-order valence-corrected chi connectivity index (χ4v) is 7.14. The normalized spacial score (nSPS) is 11.6. The quantitative estimate of drug-likeness (QED) is 0.179. The van der Waals surface area contributed by atoms with Crippen LogP contribution < -0.4 is 11.1 Å². The van der Waals surface area contributed by atoms with Gasteiger partial charge in [0.2, 0.25) is 0 Å². The topological polar surface area (TPSA) is 137 Å². The molecule has 0 radical (unpaired) electrons. The van der Waals surface area contributed by atoms with Crippen LogP contribution in [0.5, 0.6) is 0 Å². The van der Waals surface area contributed by atoms with Gasteiger partial charge in [0.1, 0.15) is 11.2 Å². The minimum Gasteiger partial charge on any atom is -0.464 e. The van der Waals surface area contributed by atoms with Crippen LogP contribution in [0.15, 0.2) is 155 Å². The van der Waals surface area contributed by atoms with Crippen LogP contribution in [0.25, 0.3) is 77.6 Å². The van der Waals surface area contributed by atoms with Crippen molar-refractivity contribution in [2.75, 3.05) is 0 Å². The largest absolute Gasteiger partial charge is 0.464 e. The predicted octanol–water partition coefficient (Wildman–Crippen LogP) is 7.62. The number of aromatic amines is 1. The molecule has 258 valence electrons. The van der Waals surface area contributed by atoms with Crippen molar-refractivity contribution in [3.63, 3.8) is 0 Å². The molecule has 0 unspecified atom stereocenters. The second-order valence-corrected chi connectivity index (χ2v) is 13.2. The highest BCUT2D eigenvalue weighted by Crippen LogP contribution is 2.31. The van der Waals surface area contributed by atoms with Crippen LogP contribution in [0.2, 0.25) is 0 Å². The van der Waals surface area contributed by atoms with Gasteiger partial charge in [0.05, 0.1) is 71.9 Å². The van der Waals surface area contributed by atoms with Gasteiger partial charge in [-0.3, -0.25) is 28.7 Å². The number of pyridine rings is 3. The average molecular weight is 705 g/mol. The van der Waals surface area contributed by atoms with E-state index < -0.39 is 0 Å². The first kappa shape index (κ1) is 31.2. The first-order chi connectivity index (χ1) is 26.5. The van der Waals surface area contributed by atoms with Gasteiger partial charge in [-0.15, -0.1) is 0 Å². The van der Waals surface area contributed by atoms with E-state index in [2.05, 4.69) is 55.3 Å². The molecule has 0 aliphatic rings. The van der Waals surface area contributed by atoms with E-state index in [0.717, 1.165) is 61.0 Å². The van der Waals surface area contributed by atoms with Crippen molar-refractivity contribution < 1.29 is 4.42 Å². The molecular weight excluding hydrogens is 677 g/mol. The number of benzene rings is 3. The van der Waals surface area contributed by atoms with Crippen LogP contribution in [0.3, 0.4) is 0 Å². The Balaban J connectivity index is 0.967. The molecule has 0 saturated carbocycles.